The normalized spacial score (nSPS) is 10.7. The molecule has 0 radical (unpaired) electrons. The van der Waals surface area contributed by atoms with E-state index in [1.54, 1.807) is 36.7 Å². The largest absolute Gasteiger partial charge is 0.495 e. The third kappa shape index (κ3) is 2.63. The molecular weight excluding hydrogens is 343 g/mol. The molecule has 0 fully saturated rings. The molecule has 0 atom stereocenters. The van der Waals surface area contributed by atoms with Gasteiger partial charge in [-0.05, 0) is 24.3 Å². The molecule has 1 N–H and O–H groups in total. The van der Waals surface area contributed by atoms with Crippen LogP contribution in [0, 0.1) is 0 Å². The fraction of sp³-hybridized carbons (Fsp3) is 0.0667. The van der Waals surface area contributed by atoms with Gasteiger partial charge in [0.05, 0.1) is 28.7 Å². The first-order chi connectivity index (χ1) is 10.6. The van der Waals surface area contributed by atoms with Crippen molar-refractivity contribution in [2.75, 3.05) is 12.4 Å². The summed E-state index contributed by atoms with van der Waals surface area (Å²) in [7, 11) is 1.54. The molecule has 2 heterocycles. The Balaban J connectivity index is 2.02. The zero-order chi connectivity index (χ0) is 15.7. The Morgan fingerprint density at radius 2 is 2.09 bits per heavy atom. The number of nitrogens with zero attached hydrogens (tertiary/aromatic N) is 1. The number of benzene rings is 1. The van der Waals surface area contributed by atoms with E-state index < -0.39 is 0 Å². The number of carbonyl (C=O) groups excluding carboxylic acids is 1. The standard InChI is InChI=1S/C15H10Cl2N2O2S/c1-21-10-5-4-9-11(16)14(22-13(9)12(10)17)15(20)19-8-3-2-6-18-7-8/h2-7H,1H3,(H,19,20). The van der Waals surface area contributed by atoms with Crippen molar-refractivity contribution >= 4 is 56.2 Å². The Labute approximate surface area is 140 Å². The lowest BCUT2D eigenvalue weighted by atomic mass is 10.2. The fourth-order valence-electron chi connectivity index (χ4n) is 2.01. The zero-order valence-electron chi connectivity index (χ0n) is 11.4. The summed E-state index contributed by atoms with van der Waals surface area (Å²) < 4.78 is 5.91. The molecule has 0 spiro atoms. The van der Waals surface area contributed by atoms with Crippen LogP contribution in [0.2, 0.25) is 10.0 Å². The minimum Gasteiger partial charge on any atom is -0.495 e. The van der Waals surface area contributed by atoms with Crippen molar-refractivity contribution in [3.05, 3.63) is 51.6 Å². The van der Waals surface area contributed by atoms with E-state index in [0.717, 1.165) is 10.1 Å². The van der Waals surface area contributed by atoms with Gasteiger partial charge in [-0.3, -0.25) is 9.78 Å². The van der Waals surface area contributed by atoms with Crippen molar-refractivity contribution in [2.24, 2.45) is 0 Å². The summed E-state index contributed by atoms with van der Waals surface area (Å²) in [6, 6.07) is 7.01. The van der Waals surface area contributed by atoms with E-state index in [4.69, 9.17) is 27.9 Å². The number of fused-ring (bicyclic) bond motifs is 1. The van der Waals surface area contributed by atoms with E-state index in [9.17, 15) is 4.79 Å². The quantitative estimate of drug-likeness (QED) is 0.731. The first kappa shape index (κ1) is 15.1. The van der Waals surface area contributed by atoms with Crippen LogP contribution in [0.3, 0.4) is 0 Å². The van der Waals surface area contributed by atoms with Crippen molar-refractivity contribution < 1.29 is 9.53 Å². The third-order valence-electron chi connectivity index (χ3n) is 3.05. The molecule has 0 unspecified atom stereocenters. The van der Waals surface area contributed by atoms with Gasteiger partial charge in [0, 0.05) is 11.6 Å². The molecule has 3 aromatic rings. The first-order valence-electron chi connectivity index (χ1n) is 6.27. The Morgan fingerprint density at radius 1 is 1.27 bits per heavy atom. The molecule has 112 valence electrons. The van der Waals surface area contributed by atoms with Crippen LogP contribution in [-0.4, -0.2) is 18.0 Å². The van der Waals surface area contributed by atoms with Crippen molar-refractivity contribution in [3.8, 4) is 5.75 Å². The highest BCUT2D eigenvalue weighted by atomic mass is 35.5. The van der Waals surface area contributed by atoms with Crippen LogP contribution in [-0.2, 0) is 0 Å². The Kier molecular flexibility index (Phi) is 4.20. The number of methoxy groups -OCH3 is 1. The van der Waals surface area contributed by atoms with Crippen LogP contribution in [0.4, 0.5) is 5.69 Å². The SMILES string of the molecule is COc1ccc2c(Cl)c(C(=O)Nc3cccnc3)sc2c1Cl. The maximum atomic E-state index is 12.4. The van der Waals surface area contributed by atoms with Gasteiger partial charge in [0.15, 0.2) is 0 Å². The molecule has 0 bridgehead atoms. The van der Waals surface area contributed by atoms with Gasteiger partial charge in [-0.25, -0.2) is 0 Å². The van der Waals surface area contributed by atoms with Gasteiger partial charge in [0.2, 0.25) is 0 Å². The van der Waals surface area contributed by atoms with Gasteiger partial charge < -0.3 is 10.1 Å². The summed E-state index contributed by atoms with van der Waals surface area (Å²) in [4.78, 5) is 16.7. The summed E-state index contributed by atoms with van der Waals surface area (Å²) in [5.41, 5.74) is 0.602. The molecule has 7 heteroatoms. The third-order valence-corrected chi connectivity index (χ3v) is 5.26. The molecule has 22 heavy (non-hydrogen) atoms. The van der Waals surface area contributed by atoms with Gasteiger partial charge in [0.1, 0.15) is 15.6 Å². The number of amides is 1. The molecule has 1 aromatic carbocycles. The lowest BCUT2D eigenvalue weighted by Gasteiger charge is -2.02. The maximum absolute atomic E-state index is 12.4. The highest BCUT2D eigenvalue weighted by Crippen LogP contribution is 2.43. The number of rotatable bonds is 3. The van der Waals surface area contributed by atoms with E-state index in [1.165, 1.54) is 18.4 Å². The van der Waals surface area contributed by atoms with Crippen LogP contribution in [0.5, 0.6) is 5.75 Å². The zero-order valence-corrected chi connectivity index (χ0v) is 13.7. The van der Waals surface area contributed by atoms with E-state index in [2.05, 4.69) is 10.3 Å². The molecule has 4 nitrogen and oxygen atoms in total. The average molecular weight is 353 g/mol. The summed E-state index contributed by atoms with van der Waals surface area (Å²) in [6.07, 6.45) is 3.20. The summed E-state index contributed by atoms with van der Waals surface area (Å²) in [5, 5.41) is 4.32. The van der Waals surface area contributed by atoms with E-state index >= 15 is 0 Å². The lowest BCUT2D eigenvalue weighted by Crippen LogP contribution is -2.10. The number of aromatic nitrogens is 1. The monoisotopic (exact) mass is 352 g/mol. The minimum absolute atomic E-state index is 0.297. The predicted molar refractivity (Wildman–Crippen MR) is 90.6 cm³/mol. The van der Waals surface area contributed by atoms with Gasteiger partial charge >= 0.3 is 0 Å². The van der Waals surface area contributed by atoms with E-state index in [0.29, 0.717) is 26.4 Å². The number of carbonyl (C=O) groups is 1. The van der Waals surface area contributed by atoms with Crippen LogP contribution in [0.1, 0.15) is 9.67 Å². The van der Waals surface area contributed by atoms with Crippen LogP contribution in [0.25, 0.3) is 10.1 Å². The highest BCUT2D eigenvalue weighted by molar-refractivity contribution is 7.22. The highest BCUT2D eigenvalue weighted by Gasteiger charge is 2.20. The van der Waals surface area contributed by atoms with Gasteiger partial charge in [-0.1, -0.05) is 23.2 Å². The molecular formula is C15H10Cl2N2O2S. The average Bonchev–Trinajstić information content (AvgIpc) is 2.87. The van der Waals surface area contributed by atoms with Gasteiger partial charge in [-0.15, -0.1) is 11.3 Å². The molecule has 0 aliphatic heterocycles. The van der Waals surface area contributed by atoms with Gasteiger partial charge in [-0.2, -0.15) is 0 Å². The molecule has 0 saturated carbocycles. The maximum Gasteiger partial charge on any atom is 0.267 e. The number of nitrogens with one attached hydrogen (secondary N) is 1. The molecule has 1 amide bonds. The van der Waals surface area contributed by atoms with Crippen molar-refractivity contribution in [3.63, 3.8) is 0 Å². The first-order valence-corrected chi connectivity index (χ1v) is 7.85. The van der Waals surface area contributed by atoms with Gasteiger partial charge in [0.25, 0.3) is 5.91 Å². The predicted octanol–water partition coefficient (Wildman–Crippen LogP) is 4.86. The van der Waals surface area contributed by atoms with Crippen molar-refractivity contribution in [1.29, 1.82) is 0 Å². The van der Waals surface area contributed by atoms with Crippen LogP contribution in [0.15, 0.2) is 36.7 Å². The van der Waals surface area contributed by atoms with Crippen LogP contribution < -0.4 is 10.1 Å². The van der Waals surface area contributed by atoms with Crippen molar-refractivity contribution in [2.45, 2.75) is 0 Å². The number of halogens is 2. The second kappa shape index (κ2) is 6.12. The number of thiophene rings is 1. The molecule has 3 rings (SSSR count). The number of anilines is 1. The molecule has 2 aromatic heterocycles. The molecule has 0 aliphatic carbocycles. The molecule has 0 aliphatic rings. The summed E-state index contributed by atoms with van der Waals surface area (Å²) in [6.45, 7) is 0. The number of hydrogen-bond donors (Lipinski definition) is 1. The van der Waals surface area contributed by atoms with Crippen molar-refractivity contribution in [1.82, 2.24) is 4.98 Å². The molecule has 0 saturated heterocycles. The summed E-state index contributed by atoms with van der Waals surface area (Å²) in [5.74, 6) is 0.250. The topological polar surface area (TPSA) is 51.2 Å². The number of pyridine rings is 1. The minimum atomic E-state index is -0.297. The van der Waals surface area contributed by atoms with E-state index in [1.807, 2.05) is 0 Å². The fourth-order valence-corrected chi connectivity index (χ4v) is 3.80. The van der Waals surface area contributed by atoms with E-state index in [-0.39, 0.29) is 5.91 Å². The Hall–Kier alpha value is -1.82. The Bertz CT molecular complexity index is 850. The summed E-state index contributed by atoms with van der Waals surface area (Å²) >= 11 is 13.8. The Morgan fingerprint density at radius 3 is 2.77 bits per heavy atom. The number of hydrogen-bond acceptors (Lipinski definition) is 4. The smallest absolute Gasteiger partial charge is 0.267 e. The second-order valence-corrected chi connectivity index (χ2v) is 6.18. The number of ether oxygens (including phenoxy) is 1. The van der Waals surface area contributed by atoms with Crippen LogP contribution >= 0.6 is 34.5 Å². The lowest BCUT2D eigenvalue weighted by molar-refractivity contribution is 0.103. The second-order valence-electron chi connectivity index (χ2n) is 4.40.